The van der Waals surface area contributed by atoms with Crippen molar-refractivity contribution in [3.8, 4) is 0 Å². The fourth-order valence-corrected chi connectivity index (χ4v) is 0. The number of hydrogen-bond acceptors (Lipinski definition) is 0. The van der Waals surface area contributed by atoms with Gasteiger partial charge in [-0.25, -0.2) is 0 Å². The van der Waals surface area contributed by atoms with E-state index in [9.17, 15) is 0 Å². The van der Waals surface area contributed by atoms with Gasteiger partial charge >= 0.3 is 22.3 Å². The number of rotatable bonds is 0. The minimum Gasteiger partial charge on any atom is -0.0776 e. The minimum atomic E-state index is 0. The molecule has 4 heavy (non-hydrogen) atoms. The van der Waals surface area contributed by atoms with Crippen molar-refractivity contribution in [1.82, 2.24) is 0 Å². The van der Waals surface area contributed by atoms with Gasteiger partial charge in [-0.1, -0.05) is 14.9 Å². The van der Waals surface area contributed by atoms with Crippen LogP contribution in [0.25, 0.3) is 0 Å². The molecule has 0 unspecified atom stereocenters. The van der Waals surface area contributed by atoms with E-state index in [0.29, 0.717) is 0 Å². The summed E-state index contributed by atoms with van der Waals surface area (Å²) in [7, 11) is 0. The minimum absolute atomic E-state index is 0. The van der Waals surface area contributed by atoms with Crippen molar-refractivity contribution in [2.45, 2.75) is 14.9 Å². The summed E-state index contributed by atoms with van der Waals surface area (Å²) in [4.78, 5) is 0. The quantitative estimate of drug-likeness (QED) is 0.477. The van der Waals surface area contributed by atoms with Crippen LogP contribution in [0.4, 0.5) is 0 Å². The van der Waals surface area contributed by atoms with Crippen molar-refractivity contribution < 1.29 is 41.8 Å². The summed E-state index contributed by atoms with van der Waals surface area (Å²) in [6.07, 6.45) is 0. The van der Waals surface area contributed by atoms with Gasteiger partial charge in [-0.3, -0.25) is 0 Å². The Morgan fingerprint density at radius 3 is 1.00 bits per heavy atom. The van der Waals surface area contributed by atoms with E-state index in [1.165, 1.54) is 0 Å². The molecule has 0 saturated carbocycles. The second kappa shape index (κ2) is 28.8. The summed E-state index contributed by atoms with van der Waals surface area (Å²) in [6.45, 7) is 0. The van der Waals surface area contributed by atoms with Crippen LogP contribution in [-0.4, -0.2) is 0 Å². The molecule has 0 rings (SSSR count). The first kappa shape index (κ1) is 60.9. The fraction of sp³-hybridized carbons (Fsp3) is 1.00. The average molecular weight is 165 g/mol. The van der Waals surface area contributed by atoms with Gasteiger partial charge in [0.15, 0.2) is 0 Å². The third-order valence-corrected chi connectivity index (χ3v) is 0. The van der Waals surface area contributed by atoms with Crippen molar-refractivity contribution in [1.29, 1.82) is 0 Å². The third kappa shape index (κ3) is 10.5. The first-order chi connectivity index (χ1) is 0. The molecule has 18 valence electrons. The van der Waals surface area contributed by atoms with Crippen molar-refractivity contribution in [3.63, 3.8) is 0 Å². The Morgan fingerprint density at radius 1 is 1.00 bits per heavy atom. The molecule has 0 spiro atoms. The molecule has 0 aliphatic heterocycles. The Kier molecular flexibility index (Phi) is 438. The predicted molar refractivity (Wildman–Crippen MR) is 15.7 cm³/mol. The van der Waals surface area contributed by atoms with Crippen LogP contribution >= 0.6 is 0 Å². The molecule has 0 nitrogen and oxygen atoms in total. The molecule has 0 bridgehead atoms. The Bertz CT molecular complexity index is 9.51. The van der Waals surface area contributed by atoms with Crippen molar-refractivity contribution in [2.75, 3.05) is 0 Å². The molecule has 0 saturated heterocycles. The third-order valence-electron chi connectivity index (χ3n) is 0. The van der Waals surface area contributed by atoms with Gasteiger partial charge in [0, 0.05) is 19.5 Å². The molecule has 0 radical (unpaired) electrons. The number of hydrogen-bond donors (Lipinski definition) is 0. The SMILES string of the molecule is C.C.[H+].[H+].[Zn+2].[Zn]. The maximum Gasteiger partial charge on any atom is 2.00 e. The van der Waals surface area contributed by atoms with Gasteiger partial charge in [0.25, 0.3) is 0 Å². The van der Waals surface area contributed by atoms with Gasteiger partial charge < -0.3 is 0 Å². The first-order valence-corrected chi connectivity index (χ1v) is 0. The monoisotopic (exact) mass is 162 g/mol. The molecule has 0 amide bonds. The maximum absolute atomic E-state index is 0. The van der Waals surface area contributed by atoms with Crippen LogP contribution in [0.1, 0.15) is 17.7 Å². The molecule has 0 aliphatic carbocycles. The maximum atomic E-state index is 0. The Balaban J connectivity index is 0. The molecular weight excluding hydrogens is 155 g/mol. The average Bonchev–Trinajstić information content (AvgIpc) is 0. The molecule has 0 aromatic heterocycles. The Hall–Kier alpha value is 1.25. The predicted octanol–water partition coefficient (Wildman–Crippen LogP) is 1.49. The Labute approximate surface area is 56.8 Å². The summed E-state index contributed by atoms with van der Waals surface area (Å²) < 4.78 is 0. The van der Waals surface area contributed by atoms with Crippen LogP contribution in [0.5, 0.6) is 0 Å². The summed E-state index contributed by atoms with van der Waals surface area (Å²) in [5.74, 6) is 0. The topological polar surface area (TPSA) is 0 Å². The van der Waals surface area contributed by atoms with Crippen LogP contribution in [0, 0.1) is 0 Å². The first-order valence-electron chi connectivity index (χ1n) is 0. The second-order valence-electron chi connectivity index (χ2n) is 0. The van der Waals surface area contributed by atoms with Gasteiger partial charge in [-0.15, -0.1) is 0 Å². The van der Waals surface area contributed by atoms with E-state index in [0.717, 1.165) is 0 Å². The van der Waals surface area contributed by atoms with Gasteiger partial charge in [-0.05, 0) is 0 Å². The zero-order valence-electron chi connectivity index (χ0n) is 3.41. The van der Waals surface area contributed by atoms with Crippen LogP contribution in [0.2, 0.25) is 0 Å². The van der Waals surface area contributed by atoms with Crippen LogP contribution in [-0.2, 0) is 39.0 Å². The molecule has 0 N–H and O–H groups in total. The molecular formula is C2H10Zn2+4. The zero-order valence-corrected chi connectivity index (χ0v) is 7.35. The standard InChI is InChI=1S/2CH4.2Zn/h2*1H4;;/q;;;+2/p+2. The summed E-state index contributed by atoms with van der Waals surface area (Å²) in [6, 6.07) is 0. The van der Waals surface area contributed by atoms with Crippen LogP contribution in [0.15, 0.2) is 0 Å². The van der Waals surface area contributed by atoms with Gasteiger partial charge in [0.05, 0.1) is 0 Å². The van der Waals surface area contributed by atoms with Crippen LogP contribution < -0.4 is 0 Å². The van der Waals surface area contributed by atoms with Crippen molar-refractivity contribution in [2.24, 2.45) is 0 Å². The fourth-order valence-electron chi connectivity index (χ4n) is 0. The second-order valence-corrected chi connectivity index (χ2v) is 0. The molecule has 0 aromatic rings. The molecule has 0 aromatic carbocycles. The molecule has 0 aliphatic rings. The summed E-state index contributed by atoms with van der Waals surface area (Å²) in [5.41, 5.74) is 0. The van der Waals surface area contributed by atoms with E-state index < -0.39 is 0 Å². The zero-order chi connectivity index (χ0) is 0. The van der Waals surface area contributed by atoms with Crippen molar-refractivity contribution in [3.05, 3.63) is 0 Å². The summed E-state index contributed by atoms with van der Waals surface area (Å²) >= 11 is 0. The molecule has 0 fully saturated rings. The summed E-state index contributed by atoms with van der Waals surface area (Å²) in [5, 5.41) is 0. The Morgan fingerprint density at radius 2 is 1.00 bits per heavy atom. The van der Waals surface area contributed by atoms with E-state index in [-0.39, 0.29) is 56.7 Å². The van der Waals surface area contributed by atoms with E-state index >= 15 is 0 Å². The van der Waals surface area contributed by atoms with Gasteiger partial charge in [0.2, 0.25) is 0 Å². The molecule has 0 heterocycles. The molecule has 2 heteroatoms. The normalized spacial score (nSPS) is 0. The largest absolute Gasteiger partial charge is 2.00 e. The van der Waals surface area contributed by atoms with E-state index in [1.54, 1.807) is 0 Å². The molecule has 0 atom stereocenters. The van der Waals surface area contributed by atoms with Crippen LogP contribution in [0.3, 0.4) is 0 Å². The van der Waals surface area contributed by atoms with Crippen molar-refractivity contribution >= 4 is 0 Å². The van der Waals surface area contributed by atoms with E-state index in [4.69, 9.17) is 0 Å². The van der Waals surface area contributed by atoms with E-state index in [2.05, 4.69) is 0 Å². The van der Waals surface area contributed by atoms with Gasteiger partial charge in [-0.2, -0.15) is 0 Å². The van der Waals surface area contributed by atoms with E-state index in [1.807, 2.05) is 0 Å². The smallest absolute Gasteiger partial charge is 0.0776 e. The van der Waals surface area contributed by atoms with Gasteiger partial charge in [0.1, 0.15) is 0 Å².